The van der Waals surface area contributed by atoms with Gasteiger partial charge in [-0.15, -0.1) is 12.4 Å². The molecule has 0 amide bonds. The number of nitrogens with two attached hydrogens (primary N) is 1. The third-order valence-corrected chi connectivity index (χ3v) is 6.25. The highest BCUT2D eigenvalue weighted by molar-refractivity contribution is 7.89. The largest absolute Gasteiger partial charge is 0.456 e. The van der Waals surface area contributed by atoms with Crippen LogP contribution >= 0.6 is 24.0 Å². The lowest BCUT2D eigenvalue weighted by molar-refractivity contribution is 0.320. The molecule has 0 radical (unpaired) electrons. The fourth-order valence-corrected chi connectivity index (χ4v) is 4.24. The molecule has 8 heteroatoms. The van der Waals surface area contributed by atoms with E-state index in [1.165, 1.54) is 4.31 Å². The van der Waals surface area contributed by atoms with E-state index in [-0.39, 0.29) is 23.3 Å². The average molecular weight is 403 g/mol. The molecule has 1 aliphatic heterocycles. The molecular weight excluding hydrogens is 383 g/mol. The van der Waals surface area contributed by atoms with Crippen molar-refractivity contribution in [2.24, 2.45) is 5.73 Å². The molecule has 1 aliphatic rings. The Morgan fingerprint density at radius 1 is 1.04 bits per heavy atom. The summed E-state index contributed by atoms with van der Waals surface area (Å²) in [7, 11) is -3.49. The Labute approximate surface area is 159 Å². The number of piperidine rings is 1. The number of halogens is 2. The van der Waals surface area contributed by atoms with Crippen LogP contribution in [0.3, 0.4) is 0 Å². The Morgan fingerprint density at radius 2 is 1.64 bits per heavy atom. The Bertz CT molecular complexity index is 805. The van der Waals surface area contributed by atoms with E-state index in [0.717, 1.165) is 0 Å². The molecule has 1 saturated heterocycles. The predicted octanol–water partition coefficient (Wildman–Crippen LogP) is 3.67. The lowest BCUT2D eigenvalue weighted by Gasteiger charge is -2.29. The molecule has 2 N–H and O–H groups in total. The van der Waals surface area contributed by atoms with Crippen molar-refractivity contribution in [2.45, 2.75) is 23.8 Å². The molecule has 0 spiro atoms. The van der Waals surface area contributed by atoms with Gasteiger partial charge in [0, 0.05) is 19.1 Å². The minimum atomic E-state index is -3.49. The quantitative estimate of drug-likeness (QED) is 0.846. The maximum absolute atomic E-state index is 12.6. The number of hydrogen-bond donors (Lipinski definition) is 1. The molecule has 0 aromatic heterocycles. The summed E-state index contributed by atoms with van der Waals surface area (Å²) in [6, 6.07) is 13.6. The van der Waals surface area contributed by atoms with Crippen LogP contribution in [-0.4, -0.2) is 31.9 Å². The first kappa shape index (κ1) is 20.0. The highest BCUT2D eigenvalue weighted by Crippen LogP contribution is 2.30. The number of rotatable bonds is 4. The lowest BCUT2D eigenvalue weighted by Crippen LogP contribution is -2.42. The molecule has 1 fully saturated rings. The van der Waals surface area contributed by atoms with Crippen LogP contribution in [0.15, 0.2) is 53.4 Å². The summed E-state index contributed by atoms with van der Waals surface area (Å²) < 4.78 is 32.4. The van der Waals surface area contributed by atoms with Crippen LogP contribution in [0.25, 0.3) is 0 Å². The van der Waals surface area contributed by atoms with Crippen LogP contribution in [0.1, 0.15) is 12.8 Å². The summed E-state index contributed by atoms with van der Waals surface area (Å²) in [5.74, 6) is 1.06. The second-order valence-electron chi connectivity index (χ2n) is 5.75. The van der Waals surface area contributed by atoms with Crippen molar-refractivity contribution in [3.05, 3.63) is 53.6 Å². The zero-order chi connectivity index (χ0) is 17.2. The van der Waals surface area contributed by atoms with Gasteiger partial charge < -0.3 is 10.5 Å². The molecule has 2 aromatic carbocycles. The molecule has 0 unspecified atom stereocenters. The maximum Gasteiger partial charge on any atom is 0.243 e. The summed E-state index contributed by atoms with van der Waals surface area (Å²) in [5, 5.41) is 0.499. The summed E-state index contributed by atoms with van der Waals surface area (Å²) in [6.07, 6.45) is 1.37. The first-order chi connectivity index (χ1) is 11.5. The van der Waals surface area contributed by atoms with Gasteiger partial charge in [0.25, 0.3) is 0 Å². The van der Waals surface area contributed by atoms with Crippen molar-refractivity contribution in [2.75, 3.05) is 13.1 Å². The zero-order valence-electron chi connectivity index (χ0n) is 13.5. The van der Waals surface area contributed by atoms with Gasteiger partial charge in [0.15, 0.2) is 0 Å². The van der Waals surface area contributed by atoms with Gasteiger partial charge in [-0.25, -0.2) is 8.42 Å². The van der Waals surface area contributed by atoms with Crippen LogP contribution in [0.4, 0.5) is 0 Å². The molecule has 2 aromatic rings. The first-order valence-corrected chi connectivity index (χ1v) is 9.57. The lowest BCUT2D eigenvalue weighted by atomic mass is 10.1. The third kappa shape index (κ3) is 4.65. The molecular formula is C17H20Cl2N2O3S. The van der Waals surface area contributed by atoms with Crippen LogP contribution in [0, 0.1) is 0 Å². The summed E-state index contributed by atoms with van der Waals surface area (Å²) in [5.41, 5.74) is 5.84. The van der Waals surface area contributed by atoms with Crippen molar-refractivity contribution in [3.8, 4) is 11.5 Å². The Hall–Kier alpha value is -1.31. The number of nitrogens with zero attached hydrogens (tertiary/aromatic N) is 1. The van der Waals surface area contributed by atoms with E-state index in [4.69, 9.17) is 22.1 Å². The molecule has 136 valence electrons. The van der Waals surface area contributed by atoms with Crippen LogP contribution in [-0.2, 0) is 10.0 Å². The van der Waals surface area contributed by atoms with Gasteiger partial charge in [0.2, 0.25) is 10.0 Å². The SMILES string of the molecule is Cl.NC1CCN(S(=O)(=O)c2ccc(Oc3ccccc3Cl)cc2)CC1. The second kappa shape index (κ2) is 8.38. The summed E-state index contributed by atoms with van der Waals surface area (Å²) in [4.78, 5) is 0.254. The van der Waals surface area contributed by atoms with Gasteiger partial charge in [0.1, 0.15) is 11.5 Å². The van der Waals surface area contributed by atoms with E-state index in [0.29, 0.717) is 42.5 Å². The smallest absolute Gasteiger partial charge is 0.243 e. The van der Waals surface area contributed by atoms with Crippen molar-refractivity contribution < 1.29 is 13.2 Å². The van der Waals surface area contributed by atoms with Gasteiger partial charge in [0.05, 0.1) is 9.92 Å². The van der Waals surface area contributed by atoms with E-state index in [1.807, 2.05) is 12.1 Å². The van der Waals surface area contributed by atoms with Crippen molar-refractivity contribution in [1.82, 2.24) is 4.31 Å². The van der Waals surface area contributed by atoms with Crippen molar-refractivity contribution in [3.63, 3.8) is 0 Å². The Kier molecular flexibility index (Phi) is 6.71. The molecule has 0 bridgehead atoms. The van der Waals surface area contributed by atoms with Crippen LogP contribution in [0.2, 0.25) is 5.02 Å². The number of hydrogen-bond acceptors (Lipinski definition) is 4. The number of para-hydroxylation sites is 1. The minimum absolute atomic E-state index is 0. The minimum Gasteiger partial charge on any atom is -0.456 e. The van der Waals surface area contributed by atoms with Gasteiger partial charge in [-0.3, -0.25) is 0 Å². The Morgan fingerprint density at radius 3 is 2.24 bits per heavy atom. The topological polar surface area (TPSA) is 72.6 Å². The fraction of sp³-hybridized carbons (Fsp3) is 0.294. The molecule has 5 nitrogen and oxygen atoms in total. The molecule has 0 aliphatic carbocycles. The monoisotopic (exact) mass is 402 g/mol. The fourth-order valence-electron chi connectivity index (χ4n) is 2.60. The van der Waals surface area contributed by atoms with E-state index in [9.17, 15) is 8.42 Å². The van der Waals surface area contributed by atoms with Crippen LogP contribution in [0.5, 0.6) is 11.5 Å². The van der Waals surface area contributed by atoms with Gasteiger partial charge in [-0.2, -0.15) is 4.31 Å². The van der Waals surface area contributed by atoms with Crippen molar-refractivity contribution in [1.29, 1.82) is 0 Å². The van der Waals surface area contributed by atoms with Crippen molar-refractivity contribution >= 4 is 34.0 Å². The first-order valence-electron chi connectivity index (χ1n) is 7.75. The van der Waals surface area contributed by atoms with Gasteiger partial charge in [-0.05, 0) is 49.2 Å². The molecule has 0 atom stereocenters. The standard InChI is InChI=1S/C17H19ClN2O3S.ClH/c18-16-3-1-2-4-17(16)23-14-5-7-15(8-6-14)24(21,22)20-11-9-13(19)10-12-20;/h1-8,13H,9-12,19H2;1H. The summed E-state index contributed by atoms with van der Waals surface area (Å²) in [6.45, 7) is 0.919. The number of benzene rings is 2. The third-order valence-electron chi connectivity index (χ3n) is 4.02. The van der Waals surface area contributed by atoms with E-state index < -0.39 is 10.0 Å². The van der Waals surface area contributed by atoms with Gasteiger partial charge >= 0.3 is 0 Å². The molecule has 3 rings (SSSR count). The van der Waals surface area contributed by atoms with Crippen LogP contribution < -0.4 is 10.5 Å². The summed E-state index contributed by atoms with van der Waals surface area (Å²) >= 11 is 6.05. The van der Waals surface area contributed by atoms with E-state index in [2.05, 4.69) is 0 Å². The highest BCUT2D eigenvalue weighted by atomic mass is 35.5. The second-order valence-corrected chi connectivity index (χ2v) is 8.09. The average Bonchev–Trinajstić information content (AvgIpc) is 2.58. The maximum atomic E-state index is 12.6. The predicted molar refractivity (Wildman–Crippen MR) is 101 cm³/mol. The molecule has 0 saturated carbocycles. The number of ether oxygens (including phenoxy) is 1. The Balaban J connectivity index is 0.00000225. The molecule has 25 heavy (non-hydrogen) atoms. The normalized spacial score (nSPS) is 16.2. The van der Waals surface area contributed by atoms with Gasteiger partial charge in [-0.1, -0.05) is 23.7 Å². The van der Waals surface area contributed by atoms with E-state index in [1.54, 1.807) is 36.4 Å². The zero-order valence-corrected chi connectivity index (χ0v) is 15.9. The van der Waals surface area contributed by atoms with E-state index >= 15 is 0 Å². The molecule has 1 heterocycles. The number of sulfonamides is 1. The highest BCUT2D eigenvalue weighted by Gasteiger charge is 2.28.